The molecule has 40 heavy (non-hydrogen) atoms. The third-order valence-corrected chi connectivity index (χ3v) is 8.02. The van der Waals surface area contributed by atoms with Gasteiger partial charge in [0.1, 0.15) is 5.82 Å². The van der Waals surface area contributed by atoms with Crippen LogP contribution in [0.1, 0.15) is 69.6 Å². The van der Waals surface area contributed by atoms with E-state index in [-0.39, 0.29) is 40.6 Å². The molecule has 4 unspecified atom stereocenters. The van der Waals surface area contributed by atoms with Gasteiger partial charge in [-0.25, -0.2) is 9.37 Å². The van der Waals surface area contributed by atoms with Crippen LogP contribution in [0.15, 0.2) is 36.5 Å². The molecule has 2 aliphatic carbocycles. The predicted molar refractivity (Wildman–Crippen MR) is 140 cm³/mol. The van der Waals surface area contributed by atoms with Gasteiger partial charge in [-0.2, -0.15) is 13.2 Å². The average Bonchev–Trinajstić information content (AvgIpc) is 3.69. The molecule has 0 radical (unpaired) electrons. The van der Waals surface area contributed by atoms with E-state index in [9.17, 15) is 31.9 Å². The molecule has 2 saturated carbocycles. The lowest BCUT2D eigenvalue weighted by molar-refractivity contribution is -0.176. The number of pyridine rings is 1. The van der Waals surface area contributed by atoms with Crippen molar-refractivity contribution in [1.29, 1.82) is 0 Å². The van der Waals surface area contributed by atoms with Gasteiger partial charge in [0.15, 0.2) is 5.78 Å². The van der Waals surface area contributed by atoms with Crippen LogP contribution >= 0.6 is 0 Å². The zero-order valence-electron chi connectivity index (χ0n) is 21.7. The highest BCUT2D eigenvalue weighted by atomic mass is 19.4. The standard InChI is InChI=1S/C28H31F4N5O3/c29-23(28(30,31)32)14-34-21-11-17(5-7-20(21)26(33)39)27(40)36-19-10-16-2-1-9-37(22(16)12-19)24-8-6-18(13-35-24)25(38)15-3-4-15/h5-8,11,13,15-16,19,22-23,34H,1-4,9-10,12,14H2,(H2,33,39)(H,36,40). The number of primary amides is 1. The molecule has 12 heteroatoms. The van der Waals surface area contributed by atoms with Crippen LogP contribution in [0.5, 0.6) is 0 Å². The minimum Gasteiger partial charge on any atom is -0.381 e. The van der Waals surface area contributed by atoms with Crippen molar-refractivity contribution < 1.29 is 31.9 Å². The first-order valence-corrected chi connectivity index (χ1v) is 13.5. The van der Waals surface area contributed by atoms with Gasteiger partial charge in [-0.05, 0) is 74.8 Å². The minimum atomic E-state index is -5.06. The van der Waals surface area contributed by atoms with Crippen molar-refractivity contribution in [2.45, 2.75) is 63.0 Å². The lowest BCUT2D eigenvalue weighted by Crippen LogP contribution is -2.43. The maximum atomic E-state index is 13.4. The summed E-state index contributed by atoms with van der Waals surface area (Å²) in [4.78, 5) is 44.0. The zero-order chi connectivity index (χ0) is 28.6. The van der Waals surface area contributed by atoms with Gasteiger partial charge in [0.05, 0.1) is 12.1 Å². The first-order chi connectivity index (χ1) is 19.0. The number of ketones is 1. The number of piperidine rings is 1. The molecule has 214 valence electrons. The molecule has 4 N–H and O–H groups in total. The minimum absolute atomic E-state index is 0.110. The number of halogens is 4. The average molecular weight is 562 g/mol. The molecule has 8 nitrogen and oxygen atoms in total. The highest BCUT2D eigenvalue weighted by molar-refractivity contribution is 6.02. The van der Waals surface area contributed by atoms with Crippen LogP contribution in [0.25, 0.3) is 0 Å². The molecule has 1 aliphatic heterocycles. The number of benzene rings is 1. The second kappa shape index (κ2) is 11.1. The van der Waals surface area contributed by atoms with E-state index < -0.39 is 30.7 Å². The number of hydrogen-bond acceptors (Lipinski definition) is 6. The molecule has 2 aromatic rings. The van der Waals surface area contributed by atoms with Crippen molar-refractivity contribution in [3.63, 3.8) is 0 Å². The summed E-state index contributed by atoms with van der Waals surface area (Å²) >= 11 is 0. The number of alkyl halides is 4. The molecule has 3 aliphatic rings. The number of Topliss-reactive ketones (excluding diaryl/α,β-unsaturated/α-hetero) is 1. The highest BCUT2D eigenvalue weighted by Crippen LogP contribution is 2.39. The Bertz CT molecular complexity index is 1280. The van der Waals surface area contributed by atoms with E-state index in [0.29, 0.717) is 17.9 Å². The number of carbonyl (C=O) groups is 3. The quantitative estimate of drug-likeness (QED) is 0.311. The van der Waals surface area contributed by atoms with Gasteiger partial charge in [-0.15, -0.1) is 0 Å². The van der Waals surface area contributed by atoms with E-state index in [0.717, 1.165) is 44.5 Å². The van der Waals surface area contributed by atoms with Crippen molar-refractivity contribution in [1.82, 2.24) is 10.3 Å². The van der Waals surface area contributed by atoms with Crippen LogP contribution < -0.4 is 21.3 Å². The zero-order valence-corrected chi connectivity index (χ0v) is 21.7. The third-order valence-electron chi connectivity index (χ3n) is 8.02. The number of nitrogens with two attached hydrogens (primary N) is 1. The van der Waals surface area contributed by atoms with Gasteiger partial charge in [0.25, 0.3) is 11.8 Å². The number of hydrogen-bond donors (Lipinski definition) is 3. The number of fused-ring (bicyclic) bond motifs is 1. The second-order valence-electron chi connectivity index (χ2n) is 10.9. The Morgan fingerprint density at radius 3 is 2.48 bits per heavy atom. The molecule has 1 saturated heterocycles. The fraction of sp³-hybridized carbons (Fsp3) is 0.500. The highest BCUT2D eigenvalue weighted by Gasteiger charge is 2.42. The van der Waals surface area contributed by atoms with E-state index in [1.165, 1.54) is 18.2 Å². The molecule has 3 fully saturated rings. The normalized spacial score (nSPS) is 23.3. The maximum absolute atomic E-state index is 13.4. The smallest absolute Gasteiger partial charge is 0.381 e. The molecule has 2 heterocycles. The number of nitrogens with one attached hydrogen (secondary N) is 2. The van der Waals surface area contributed by atoms with Crippen molar-refractivity contribution in [2.24, 2.45) is 17.6 Å². The summed E-state index contributed by atoms with van der Waals surface area (Å²) in [7, 11) is 0. The van der Waals surface area contributed by atoms with Crippen molar-refractivity contribution >= 4 is 29.1 Å². The van der Waals surface area contributed by atoms with Crippen LogP contribution in [-0.4, -0.2) is 60.1 Å². The van der Waals surface area contributed by atoms with E-state index in [1.54, 1.807) is 6.20 Å². The maximum Gasteiger partial charge on any atom is 0.421 e. The summed E-state index contributed by atoms with van der Waals surface area (Å²) in [6, 6.07) is 7.55. The van der Waals surface area contributed by atoms with Crippen LogP contribution in [0.4, 0.5) is 29.1 Å². The van der Waals surface area contributed by atoms with Gasteiger partial charge in [0, 0.05) is 47.6 Å². The molecule has 5 rings (SSSR count). The monoisotopic (exact) mass is 561 g/mol. The molecule has 4 atom stereocenters. The van der Waals surface area contributed by atoms with Crippen LogP contribution in [0, 0.1) is 11.8 Å². The Hall–Kier alpha value is -3.70. The van der Waals surface area contributed by atoms with E-state index >= 15 is 0 Å². The fourth-order valence-corrected chi connectivity index (χ4v) is 5.80. The lowest BCUT2D eigenvalue weighted by Gasteiger charge is -2.38. The number of rotatable bonds is 9. The number of nitrogens with zero attached hydrogens (tertiary/aromatic N) is 2. The van der Waals surface area contributed by atoms with E-state index in [2.05, 4.69) is 20.5 Å². The summed E-state index contributed by atoms with van der Waals surface area (Å²) in [5, 5.41) is 5.27. The summed E-state index contributed by atoms with van der Waals surface area (Å²) in [5.74, 6) is 0.0407. The topological polar surface area (TPSA) is 117 Å². The first kappa shape index (κ1) is 27.9. The molecular weight excluding hydrogens is 530 g/mol. The third kappa shape index (κ3) is 6.05. The van der Waals surface area contributed by atoms with Crippen molar-refractivity contribution in [2.75, 3.05) is 23.3 Å². The Morgan fingerprint density at radius 2 is 1.82 bits per heavy atom. The van der Waals surface area contributed by atoms with E-state index in [4.69, 9.17) is 5.73 Å². The number of anilines is 2. The SMILES string of the molecule is NC(=O)c1ccc(C(=O)NC2CC3CCCN(c4ccc(C(=O)C5CC5)cn4)C3C2)cc1NCC(F)C(F)(F)F. The summed E-state index contributed by atoms with van der Waals surface area (Å²) in [6.07, 6.45) is -1.27. The molecular formula is C28H31F4N5O3. The van der Waals surface area contributed by atoms with Crippen LogP contribution in [-0.2, 0) is 0 Å². The van der Waals surface area contributed by atoms with Gasteiger partial charge in [0.2, 0.25) is 6.17 Å². The van der Waals surface area contributed by atoms with Gasteiger partial charge >= 0.3 is 6.18 Å². The Labute approximate surface area is 228 Å². The second-order valence-corrected chi connectivity index (χ2v) is 10.9. The van der Waals surface area contributed by atoms with Crippen molar-refractivity contribution in [3.8, 4) is 0 Å². The molecule has 1 aromatic carbocycles. The Morgan fingerprint density at radius 1 is 1.07 bits per heavy atom. The Balaban J connectivity index is 1.24. The molecule has 0 spiro atoms. The van der Waals surface area contributed by atoms with Gasteiger partial charge in [-0.3, -0.25) is 14.4 Å². The fourth-order valence-electron chi connectivity index (χ4n) is 5.80. The van der Waals surface area contributed by atoms with E-state index in [1.807, 2.05) is 12.1 Å². The molecule has 2 amide bonds. The van der Waals surface area contributed by atoms with Crippen molar-refractivity contribution in [3.05, 3.63) is 53.2 Å². The predicted octanol–water partition coefficient (Wildman–Crippen LogP) is 4.26. The Kier molecular flexibility index (Phi) is 7.70. The molecule has 1 aromatic heterocycles. The van der Waals surface area contributed by atoms with Gasteiger partial charge < -0.3 is 21.3 Å². The first-order valence-electron chi connectivity index (χ1n) is 13.5. The molecule has 0 bridgehead atoms. The van der Waals surface area contributed by atoms with Gasteiger partial charge in [-0.1, -0.05) is 0 Å². The number of amides is 2. The lowest BCUT2D eigenvalue weighted by atomic mass is 9.92. The summed E-state index contributed by atoms with van der Waals surface area (Å²) < 4.78 is 51.2. The largest absolute Gasteiger partial charge is 0.421 e. The summed E-state index contributed by atoms with van der Waals surface area (Å²) in [5.41, 5.74) is 5.76. The number of carbonyl (C=O) groups excluding carboxylic acids is 3. The number of aromatic nitrogens is 1. The van der Waals surface area contributed by atoms with Crippen LogP contribution in [0.3, 0.4) is 0 Å². The van der Waals surface area contributed by atoms with Crippen LogP contribution in [0.2, 0.25) is 0 Å². The summed E-state index contributed by atoms with van der Waals surface area (Å²) in [6.45, 7) is -0.303.